The molecular formula is C12H24N4OS. The van der Waals surface area contributed by atoms with Gasteiger partial charge >= 0.3 is 6.01 Å². The second-order valence-corrected chi connectivity index (χ2v) is 6.86. The van der Waals surface area contributed by atoms with Gasteiger partial charge in [0.15, 0.2) is 0 Å². The van der Waals surface area contributed by atoms with Crippen LogP contribution in [0.15, 0.2) is 4.42 Å². The van der Waals surface area contributed by atoms with E-state index in [1.807, 2.05) is 0 Å². The Bertz CT molecular complexity index is 352. The Labute approximate surface area is 114 Å². The molecule has 2 N–H and O–H groups in total. The molecule has 0 aromatic carbocycles. The molecule has 0 fully saturated rings. The van der Waals surface area contributed by atoms with Crippen LogP contribution in [0.2, 0.25) is 0 Å². The molecule has 1 aromatic rings. The molecule has 5 nitrogen and oxygen atoms in total. The van der Waals surface area contributed by atoms with Gasteiger partial charge in [0.1, 0.15) is 0 Å². The van der Waals surface area contributed by atoms with Crippen molar-refractivity contribution in [3.8, 4) is 0 Å². The highest BCUT2D eigenvalue weighted by Crippen LogP contribution is 2.21. The maximum absolute atomic E-state index is 5.50. The number of rotatable bonds is 8. The van der Waals surface area contributed by atoms with Gasteiger partial charge < -0.3 is 15.1 Å². The molecular weight excluding hydrogens is 248 g/mol. The summed E-state index contributed by atoms with van der Waals surface area (Å²) in [6.07, 6.45) is 2.09. The van der Waals surface area contributed by atoms with E-state index < -0.39 is 0 Å². The topological polar surface area (TPSA) is 63.0 Å². The summed E-state index contributed by atoms with van der Waals surface area (Å²) in [4.78, 5) is 0. The molecule has 0 amide bonds. The lowest BCUT2D eigenvalue weighted by Gasteiger charge is -2.21. The SMILES string of the molecule is CSC(C)(C)CNc1nnc(CNCC(C)C)o1. The number of hydrogen-bond donors (Lipinski definition) is 2. The second-order valence-electron chi connectivity index (χ2n) is 5.34. The summed E-state index contributed by atoms with van der Waals surface area (Å²) in [5.74, 6) is 1.24. The van der Waals surface area contributed by atoms with E-state index in [1.54, 1.807) is 11.8 Å². The minimum atomic E-state index is 0.157. The van der Waals surface area contributed by atoms with Gasteiger partial charge in [0.25, 0.3) is 0 Å². The van der Waals surface area contributed by atoms with Crippen LogP contribution in [-0.4, -0.2) is 34.3 Å². The molecule has 1 heterocycles. The van der Waals surface area contributed by atoms with Gasteiger partial charge in [-0.15, -0.1) is 5.10 Å². The van der Waals surface area contributed by atoms with E-state index in [9.17, 15) is 0 Å². The zero-order valence-electron chi connectivity index (χ0n) is 11.9. The average Bonchev–Trinajstić information content (AvgIpc) is 2.74. The van der Waals surface area contributed by atoms with Gasteiger partial charge in [0, 0.05) is 11.3 Å². The van der Waals surface area contributed by atoms with Gasteiger partial charge in [-0.25, -0.2) is 0 Å². The zero-order chi connectivity index (χ0) is 13.6. The van der Waals surface area contributed by atoms with Crippen LogP contribution in [0, 0.1) is 5.92 Å². The average molecular weight is 272 g/mol. The van der Waals surface area contributed by atoms with E-state index in [0.717, 1.165) is 13.1 Å². The summed E-state index contributed by atoms with van der Waals surface area (Å²) in [5, 5.41) is 14.4. The Morgan fingerprint density at radius 1 is 1.33 bits per heavy atom. The lowest BCUT2D eigenvalue weighted by Crippen LogP contribution is -2.25. The smallest absolute Gasteiger partial charge is 0.315 e. The fourth-order valence-electron chi connectivity index (χ4n) is 1.22. The van der Waals surface area contributed by atoms with Crippen molar-refractivity contribution in [3.05, 3.63) is 5.89 Å². The van der Waals surface area contributed by atoms with E-state index in [2.05, 4.69) is 54.8 Å². The van der Waals surface area contributed by atoms with Gasteiger partial charge in [-0.1, -0.05) is 18.9 Å². The van der Waals surface area contributed by atoms with E-state index in [4.69, 9.17) is 4.42 Å². The Hall–Kier alpha value is -0.750. The minimum absolute atomic E-state index is 0.157. The van der Waals surface area contributed by atoms with Crippen molar-refractivity contribution in [1.82, 2.24) is 15.5 Å². The van der Waals surface area contributed by atoms with Crippen LogP contribution in [0.4, 0.5) is 6.01 Å². The Balaban J connectivity index is 2.34. The minimum Gasteiger partial charge on any atom is -0.407 e. The number of nitrogens with zero attached hydrogens (tertiary/aromatic N) is 2. The highest BCUT2D eigenvalue weighted by molar-refractivity contribution is 7.99. The first kappa shape index (κ1) is 15.3. The lowest BCUT2D eigenvalue weighted by atomic mass is 10.2. The highest BCUT2D eigenvalue weighted by Gasteiger charge is 2.16. The van der Waals surface area contributed by atoms with E-state index >= 15 is 0 Å². The largest absolute Gasteiger partial charge is 0.407 e. The first-order valence-corrected chi connectivity index (χ1v) is 7.47. The molecule has 0 aliphatic heterocycles. The van der Waals surface area contributed by atoms with Crippen molar-refractivity contribution < 1.29 is 4.42 Å². The monoisotopic (exact) mass is 272 g/mol. The number of thioether (sulfide) groups is 1. The molecule has 0 radical (unpaired) electrons. The first-order valence-electron chi connectivity index (χ1n) is 6.25. The Morgan fingerprint density at radius 2 is 2.06 bits per heavy atom. The number of anilines is 1. The first-order chi connectivity index (χ1) is 8.43. The van der Waals surface area contributed by atoms with Gasteiger partial charge in [0.05, 0.1) is 6.54 Å². The summed E-state index contributed by atoms with van der Waals surface area (Å²) in [7, 11) is 0. The van der Waals surface area contributed by atoms with Crippen molar-refractivity contribution >= 4 is 17.8 Å². The summed E-state index contributed by atoms with van der Waals surface area (Å²) < 4.78 is 5.66. The number of aromatic nitrogens is 2. The fraction of sp³-hybridized carbons (Fsp3) is 0.833. The Kier molecular flexibility index (Phi) is 5.95. The molecule has 0 aliphatic carbocycles. The molecule has 0 atom stereocenters. The van der Waals surface area contributed by atoms with Crippen LogP contribution in [0.25, 0.3) is 0 Å². The lowest BCUT2D eigenvalue weighted by molar-refractivity contribution is 0.457. The third kappa shape index (κ3) is 5.73. The van der Waals surface area contributed by atoms with Crippen LogP contribution in [0.3, 0.4) is 0 Å². The van der Waals surface area contributed by atoms with Gasteiger partial charge in [-0.05, 0) is 32.6 Å². The van der Waals surface area contributed by atoms with Crippen LogP contribution in [-0.2, 0) is 6.54 Å². The maximum atomic E-state index is 5.50. The standard InChI is InChI=1S/C12H24N4OS/c1-9(2)6-13-7-10-15-16-11(17-10)14-8-12(3,4)18-5/h9,13H,6-8H2,1-5H3,(H,14,16). The summed E-state index contributed by atoms with van der Waals surface area (Å²) in [6, 6.07) is 0.499. The van der Waals surface area contributed by atoms with Crippen LogP contribution in [0.1, 0.15) is 33.6 Å². The summed E-state index contributed by atoms with van der Waals surface area (Å²) >= 11 is 1.81. The van der Waals surface area contributed by atoms with Crippen molar-refractivity contribution in [2.24, 2.45) is 5.92 Å². The third-order valence-corrected chi connectivity index (χ3v) is 3.76. The molecule has 0 saturated carbocycles. The van der Waals surface area contributed by atoms with Crippen molar-refractivity contribution in [1.29, 1.82) is 0 Å². The predicted octanol–water partition coefficient (Wildman–Crippen LogP) is 2.37. The number of hydrogen-bond acceptors (Lipinski definition) is 6. The van der Waals surface area contributed by atoms with Gasteiger partial charge in [0.2, 0.25) is 5.89 Å². The molecule has 6 heteroatoms. The molecule has 104 valence electrons. The number of nitrogens with one attached hydrogen (secondary N) is 2. The van der Waals surface area contributed by atoms with Crippen molar-refractivity contribution in [3.63, 3.8) is 0 Å². The normalized spacial score (nSPS) is 12.1. The molecule has 18 heavy (non-hydrogen) atoms. The zero-order valence-corrected chi connectivity index (χ0v) is 12.7. The van der Waals surface area contributed by atoms with Gasteiger partial charge in [-0.3, -0.25) is 0 Å². The molecule has 0 spiro atoms. The van der Waals surface area contributed by atoms with Crippen LogP contribution in [0.5, 0.6) is 0 Å². The van der Waals surface area contributed by atoms with E-state index in [-0.39, 0.29) is 4.75 Å². The molecule has 1 aromatic heterocycles. The van der Waals surface area contributed by atoms with Crippen LogP contribution >= 0.6 is 11.8 Å². The van der Waals surface area contributed by atoms with E-state index in [0.29, 0.717) is 24.4 Å². The molecule has 1 rings (SSSR count). The van der Waals surface area contributed by atoms with Crippen molar-refractivity contribution in [2.45, 2.75) is 39.0 Å². The van der Waals surface area contributed by atoms with E-state index in [1.165, 1.54) is 0 Å². The maximum Gasteiger partial charge on any atom is 0.315 e. The Morgan fingerprint density at radius 3 is 2.67 bits per heavy atom. The molecule has 0 saturated heterocycles. The molecule has 0 bridgehead atoms. The fourth-order valence-corrected chi connectivity index (χ4v) is 1.44. The van der Waals surface area contributed by atoms with Gasteiger partial charge in [-0.2, -0.15) is 11.8 Å². The molecule has 0 unspecified atom stereocenters. The highest BCUT2D eigenvalue weighted by atomic mass is 32.2. The quantitative estimate of drug-likeness (QED) is 0.757. The van der Waals surface area contributed by atoms with Crippen molar-refractivity contribution in [2.75, 3.05) is 24.7 Å². The summed E-state index contributed by atoms with van der Waals surface area (Å²) in [6.45, 7) is 11.0. The molecule has 0 aliphatic rings. The summed E-state index contributed by atoms with van der Waals surface area (Å²) in [5.41, 5.74) is 0. The third-order valence-electron chi connectivity index (χ3n) is 2.51. The predicted molar refractivity (Wildman–Crippen MR) is 76.9 cm³/mol. The second kappa shape index (κ2) is 6.99. The van der Waals surface area contributed by atoms with Crippen LogP contribution < -0.4 is 10.6 Å².